The van der Waals surface area contributed by atoms with Crippen LogP contribution in [0.3, 0.4) is 0 Å². The molecule has 6 aromatic rings. The number of benzene rings is 6. The minimum Gasteiger partial charge on any atom is -0.508 e. The van der Waals surface area contributed by atoms with Gasteiger partial charge < -0.3 is 54.3 Å². The van der Waals surface area contributed by atoms with Gasteiger partial charge in [0.2, 0.25) is 0 Å². The Morgan fingerprint density at radius 1 is 0.440 bits per heavy atom. The molecule has 8 rings (SSSR count). The zero-order valence-electron chi connectivity index (χ0n) is 60.2. The minimum atomic E-state index is 0.337. The number of rotatable bonds is 25. The number of aromatic hydroxyl groups is 1. The largest absolute Gasteiger partial charge is 0.508 e. The number of piperazine rings is 1. The van der Waals surface area contributed by atoms with Gasteiger partial charge in [0.15, 0.2) is 0 Å². The quantitative estimate of drug-likeness (QED) is 0.0476. The van der Waals surface area contributed by atoms with Gasteiger partial charge in [-0.3, -0.25) is 4.90 Å². The maximum absolute atomic E-state index is 8.94. The minimum absolute atomic E-state index is 0.337. The highest BCUT2D eigenvalue weighted by Crippen LogP contribution is 2.24. The third kappa shape index (κ3) is 34.9. The summed E-state index contributed by atoms with van der Waals surface area (Å²) in [6.07, 6.45) is 2.50. The molecule has 2 aliphatic heterocycles. The first kappa shape index (κ1) is 79.1. The number of likely N-dealkylation sites (tertiary alicyclic amines) is 1. The highest BCUT2D eigenvalue weighted by atomic mass is 16.5. The Kier molecular flexibility index (Phi) is 39.3. The van der Waals surface area contributed by atoms with Crippen LogP contribution in [-0.4, -0.2) is 176 Å². The van der Waals surface area contributed by atoms with Gasteiger partial charge in [-0.1, -0.05) is 163 Å². The maximum Gasteiger partial charge on any atom is 0.119 e. The molecule has 506 valence electrons. The van der Waals surface area contributed by atoms with Crippen molar-refractivity contribution >= 4 is 11.4 Å². The second kappa shape index (κ2) is 45.2. The van der Waals surface area contributed by atoms with Crippen LogP contribution in [-0.2, 0) is 4.74 Å². The molecule has 0 aliphatic carbocycles. The first-order valence-electron chi connectivity index (χ1n) is 34.1. The van der Waals surface area contributed by atoms with Gasteiger partial charge in [-0.15, -0.1) is 0 Å². The van der Waals surface area contributed by atoms with Crippen LogP contribution in [0.25, 0.3) is 0 Å². The van der Waals surface area contributed by atoms with Crippen molar-refractivity contribution in [3.8, 4) is 23.0 Å². The SMILES string of the molecule is CC(C)c1ccc(NC2CCN(C)CC2)cc1.CC(C)c1ccc(NCCN2CCN(C)CC2)cc1.CC(C)c1ccc(O)cc1.CC(C)c1ccc(OCCN(C)C)cc1.CCN(C)CCOc1ccc(C(C)C)cc1.COCCOc1ccc(C(C)C)cc1. The molecule has 91 heavy (non-hydrogen) atoms. The number of phenolic OH excluding ortho intramolecular Hbond substituents is 1. The van der Waals surface area contributed by atoms with Gasteiger partial charge in [-0.05, 0) is 209 Å². The fraction of sp³-hybridized carbons (Fsp3) is 0.544. The maximum atomic E-state index is 8.94. The highest BCUT2D eigenvalue weighted by molar-refractivity contribution is 5.46. The Morgan fingerprint density at radius 3 is 1.14 bits per heavy atom. The number of phenols is 1. The van der Waals surface area contributed by atoms with Crippen molar-refractivity contribution in [1.82, 2.24) is 24.5 Å². The van der Waals surface area contributed by atoms with E-state index in [1.54, 1.807) is 19.2 Å². The smallest absolute Gasteiger partial charge is 0.119 e. The van der Waals surface area contributed by atoms with Gasteiger partial charge in [0.05, 0.1) is 6.61 Å². The van der Waals surface area contributed by atoms with Crippen LogP contribution in [0.2, 0.25) is 0 Å². The van der Waals surface area contributed by atoms with Crippen LogP contribution in [0.1, 0.15) is 172 Å². The molecule has 0 amide bonds. The predicted molar refractivity (Wildman–Crippen MR) is 392 cm³/mol. The lowest BCUT2D eigenvalue weighted by atomic mass is 10.0. The number of piperidine rings is 1. The molecule has 12 heteroatoms. The average Bonchev–Trinajstić information content (AvgIpc) is 3.72. The third-order valence-electron chi connectivity index (χ3n) is 16.4. The third-order valence-corrected chi connectivity index (χ3v) is 16.4. The molecule has 0 radical (unpaired) electrons. The summed E-state index contributed by atoms with van der Waals surface area (Å²) in [6.45, 7) is 43.6. The number of hydrogen-bond donors (Lipinski definition) is 3. The summed E-state index contributed by atoms with van der Waals surface area (Å²) in [5, 5.41) is 16.1. The lowest BCUT2D eigenvalue weighted by Gasteiger charge is -2.32. The Hall–Kier alpha value is -6.12. The molecule has 2 aliphatic rings. The summed E-state index contributed by atoms with van der Waals surface area (Å²) in [5.74, 6) is 6.68. The lowest BCUT2D eigenvalue weighted by Crippen LogP contribution is -2.45. The molecule has 0 bridgehead atoms. The molecule has 6 aromatic carbocycles. The summed E-state index contributed by atoms with van der Waals surface area (Å²) in [6, 6.07) is 50.7. The molecule has 0 aromatic heterocycles. The van der Waals surface area contributed by atoms with Crippen LogP contribution in [0, 0.1) is 0 Å². The summed E-state index contributed by atoms with van der Waals surface area (Å²) >= 11 is 0. The second-order valence-electron chi connectivity index (χ2n) is 26.5. The van der Waals surface area contributed by atoms with Gasteiger partial charge in [-0.2, -0.15) is 0 Å². The van der Waals surface area contributed by atoms with E-state index < -0.39 is 0 Å². The molecule has 2 heterocycles. The molecule has 2 saturated heterocycles. The van der Waals surface area contributed by atoms with Crippen LogP contribution in [0.5, 0.6) is 23.0 Å². The number of nitrogens with zero attached hydrogens (tertiary/aromatic N) is 5. The van der Waals surface area contributed by atoms with E-state index in [1.165, 1.54) is 96.9 Å². The van der Waals surface area contributed by atoms with Crippen molar-refractivity contribution in [2.24, 2.45) is 0 Å². The van der Waals surface area contributed by atoms with E-state index in [0.29, 0.717) is 60.5 Å². The lowest BCUT2D eigenvalue weighted by molar-refractivity contribution is 0.146. The predicted octanol–water partition coefficient (Wildman–Crippen LogP) is 17.0. The molecule has 12 nitrogen and oxygen atoms in total. The van der Waals surface area contributed by atoms with E-state index in [2.05, 4.69) is 243 Å². The fourth-order valence-corrected chi connectivity index (χ4v) is 9.54. The molecular formula is C79H125N7O5. The standard InChI is InChI=1S/C16H27N3.C15H24N2.C14H23NO.C13H21NO.C12H18O2.C9H12O/c1-14(2)15-4-6-16(7-5-15)17-8-9-19-12-10-18(3)11-13-19;1-12(2)13-4-6-14(7-5-13)16-15-8-10-17(3)11-9-15;1-5-15(4)10-11-16-14-8-6-13(7-9-14)12(2)3;1-11(2)12-5-7-13(8-6-12)15-10-9-14(3)4;1-10(2)11-4-6-12(7-5-11)14-9-8-13-3;1-7(2)8-3-5-9(10)6-4-8/h4-7,14,17H,8-13H2,1-3H3;4-7,12,15-16H,8-11H2,1-3H3;6-9,12H,5,10-11H2,1-4H3;5-8,11H,9-10H2,1-4H3;4-7,10H,8-9H2,1-3H3;3-7,10H,1-2H3. The number of methoxy groups -OCH3 is 1. The monoisotopic (exact) mass is 1250 g/mol. The van der Waals surface area contributed by atoms with Crippen molar-refractivity contribution in [3.63, 3.8) is 0 Å². The topological polar surface area (TPSA) is 97.4 Å². The molecule has 0 unspecified atom stereocenters. The second-order valence-corrected chi connectivity index (χ2v) is 26.5. The molecule has 3 N–H and O–H groups in total. The number of hydrogen-bond acceptors (Lipinski definition) is 12. The van der Waals surface area contributed by atoms with Gasteiger partial charge in [0.1, 0.15) is 42.8 Å². The zero-order valence-corrected chi connectivity index (χ0v) is 60.2. The Morgan fingerprint density at radius 2 is 0.780 bits per heavy atom. The van der Waals surface area contributed by atoms with Crippen LogP contribution in [0.4, 0.5) is 11.4 Å². The van der Waals surface area contributed by atoms with Crippen molar-refractivity contribution in [1.29, 1.82) is 0 Å². The number of nitrogens with one attached hydrogen (secondary N) is 2. The first-order valence-corrected chi connectivity index (χ1v) is 34.1. The Labute approximate surface area is 555 Å². The molecule has 0 atom stereocenters. The number of ether oxygens (including phenoxy) is 4. The summed E-state index contributed by atoms with van der Waals surface area (Å²) in [7, 11) is 12.3. The van der Waals surface area contributed by atoms with Gasteiger partial charge in [0, 0.05) is 76.9 Å². The van der Waals surface area contributed by atoms with Crippen molar-refractivity contribution in [2.75, 3.05) is 151 Å². The van der Waals surface area contributed by atoms with Gasteiger partial charge in [-0.25, -0.2) is 0 Å². The van der Waals surface area contributed by atoms with Gasteiger partial charge in [0.25, 0.3) is 0 Å². The van der Waals surface area contributed by atoms with Crippen LogP contribution < -0.4 is 24.8 Å². The van der Waals surface area contributed by atoms with Crippen molar-refractivity contribution in [3.05, 3.63) is 179 Å². The van der Waals surface area contributed by atoms with Crippen molar-refractivity contribution in [2.45, 2.75) is 144 Å². The van der Waals surface area contributed by atoms with E-state index in [0.717, 1.165) is 63.2 Å². The van der Waals surface area contributed by atoms with E-state index in [4.69, 9.17) is 24.1 Å². The average molecular weight is 1250 g/mol. The summed E-state index contributed by atoms with van der Waals surface area (Å²) < 4.78 is 21.6. The first-order chi connectivity index (χ1) is 43.5. The number of anilines is 2. The normalized spacial score (nSPS) is 13.7. The summed E-state index contributed by atoms with van der Waals surface area (Å²) in [5.41, 5.74) is 10.6. The van der Waals surface area contributed by atoms with Gasteiger partial charge >= 0.3 is 0 Å². The Bertz CT molecular complexity index is 2700. The molecular weight excluding hydrogens is 1130 g/mol. The molecule has 0 spiro atoms. The number of likely N-dealkylation sites (N-methyl/N-ethyl adjacent to an activating group) is 3. The molecule has 0 saturated carbocycles. The zero-order chi connectivity index (χ0) is 67.1. The fourth-order valence-electron chi connectivity index (χ4n) is 9.54. The van der Waals surface area contributed by atoms with Crippen LogP contribution >= 0.6 is 0 Å². The van der Waals surface area contributed by atoms with E-state index >= 15 is 0 Å². The molecule has 2 fully saturated rings. The van der Waals surface area contributed by atoms with Crippen molar-refractivity contribution < 1.29 is 24.1 Å². The van der Waals surface area contributed by atoms with E-state index in [-0.39, 0.29) is 0 Å². The van der Waals surface area contributed by atoms with E-state index in [9.17, 15) is 0 Å². The Balaban J connectivity index is 0.000000288. The highest BCUT2D eigenvalue weighted by Gasteiger charge is 2.17. The van der Waals surface area contributed by atoms with E-state index in [1.807, 2.05) is 50.5 Å². The van der Waals surface area contributed by atoms with Crippen LogP contribution in [0.15, 0.2) is 146 Å². The summed E-state index contributed by atoms with van der Waals surface area (Å²) in [4.78, 5) is 11.7.